The molecule has 1 atom stereocenters. The van der Waals surface area contributed by atoms with E-state index in [1.54, 1.807) is 7.11 Å². The molecule has 0 aliphatic heterocycles. The van der Waals surface area contributed by atoms with E-state index in [1.807, 2.05) is 19.1 Å². The highest BCUT2D eigenvalue weighted by Gasteiger charge is 2.20. The molecule has 0 heterocycles. The van der Waals surface area contributed by atoms with Gasteiger partial charge < -0.3 is 14.8 Å². The maximum Gasteiger partial charge on any atom is 0.124 e. The topological polar surface area (TPSA) is 30.5 Å². The molecule has 3 nitrogen and oxygen atoms in total. The Kier molecular flexibility index (Phi) is 5.03. The Morgan fingerprint density at radius 3 is 2.89 bits per heavy atom. The number of methoxy groups -OCH3 is 1. The fourth-order valence-corrected chi connectivity index (χ4v) is 2.05. The molecule has 1 saturated carbocycles. The summed E-state index contributed by atoms with van der Waals surface area (Å²) in [5.74, 6) is 0.940. The average Bonchev–Trinajstić information content (AvgIpc) is 3.18. The van der Waals surface area contributed by atoms with E-state index in [2.05, 4.69) is 27.3 Å². The molecule has 4 heteroatoms. The van der Waals surface area contributed by atoms with Gasteiger partial charge in [0, 0.05) is 29.7 Å². The third-order valence-corrected chi connectivity index (χ3v) is 3.55. The molecule has 0 saturated heterocycles. The van der Waals surface area contributed by atoms with Crippen molar-refractivity contribution in [3.8, 4) is 5.75 Å². The van der Waals surface area contributed by atoms with Crippen LogP contribution in [-0.4, -0.2) is 25.9 Å². The number of rotatable bonds is 7. The van der Waals surface area contributed by atoms with Crippen molar-refractivity contribution < 1.29 is 9.47 Å². The summed E-state index contributed by atoms with van der Waals surface area (Å²) in [7, 11) is 1.70. The van der Waals surface area contributed by atoms with E-state index in [1.165, 1.54) is 18.4 Å². The second-order valence-corrected chi connectivity index (χ2v) is 5.68. The highest BCUT2D eigenvalue weighted by atomic mass is 79.9. The quantitative estimate of drug-likeness (QED) is 0.839. The third kappa shape index (κ3) is 4.26. The number of benzene rings is 1. The highest BCUT2D eigenvalue weighted by molar-refractivity contribution is 9.10. The molecule has 1 fully saturated rings. The predicted molar refractivity (Wildman–Crippen MR) is 76.0 cm³/mol. The molecule has 2 rings (SSSR count). The van der Waals surface area contributed by atoms with Crippen molar-refractivity contribution in [3.63, 3.8) is 0 Å². The molecule has 0 amide bonds. The van der Waals surface area contributed by atoms with Crippen LogP contribution in [0.15, 0.2) is 22.7 Å². The molecule has 0 radical (unpaired) electrons. The SMILES string of the molecule is COC(C)COc1ccc(Br)cc1CNC1CC1. The van der Waals surface area contributed by atoms with E-state index in [9.17, 15) is 0 Å². The van der Waals surface area contributed by atoms with Crippen molar-refractivity contribution >= 4 is 15.9 Å². The Bertz CT molecular complexity index is 393. The van der Waals surface area contributed by atoms with E-state index >= 15 is 0 Å². The summed E-state index contributed by atoms with van der Waals surface area (Å²) in [6, 6.07) is 6.83. The number of hydrogen-bond acceptors (Lipinski definition) is 3. The van der Waals surface area contributed by atoms with Crippen molar-refractivity contribution in [1.29, 1.82) is 0 Å². The first-order valence-corrected chi connectivity index (χ1v) is 7.15. The van der Waals surface area contributed by atoms with Gasteiger partial charge >= 0.3 is 0 Å². The summed E-state index contributed by atoms with van der Waals surface area (Å²) in [4.78, 5) is 0. The molecule has 1 aromatic rings. The Balaban J connectivity index is 1.97. The van der Waals surface area contributed by atoms with Gasteiger partial charge in [-0.1, -0.05) is 15.9 Å². The van der Waals surface area contributed by atoms with E-state index in [-0.39, 0.29) is 6.10 Å². The van der Waals surface area contributed by atoms with Crippen LogP contribution in [0.5, 0.6) is 5.75 Å². The van der Waals surface area contributed by atoms with Gasteiger partial charge in [-0.05, 0) is 38.0 Å². The lowest BCUT2D eigenvalue weighted by molar-refractivity contribution is 0.0712. The summed E-state index contributed by atoms with van der Waals surface area (Å²) in [6.45, 7) is 3.44. The minimum absolute atomic E-state index is 0.109. The third-order valence-electron chi connectivity index (χ3n) is 3.06. The fourth-order valence-electron chi connectivity index (χ4n) is 1.64. The normalized spacial score (nSPS) is 16.6. The zero-order valence-electron chi connectivity index (χ0n) is 10.9. The van der Waals surface area contributed by atoms with Gasteiger partial charge in [0.25, 0.3) is 0 Å². The minimum Gasteiger partial charge on any atom is -0.491 e. The summed E-state index contributed by atoms with van der Waals surface area (Å²) in [5.41, 5.74) is 1.19. The Morgan fingerprint density at radius 1 is 1.44 bits per heavy atom. The maximum atomic E-state index is 5.81. The van der Waals surface area contributed by atoms with Crippen molar-refractivity contribution in [1.82, 2.24) is 5.32 Å². The lowest BCUT2D eigenvalue weighted by Gasteiger charge is -2.15. The molecule has 0 aromatic heterocycles. The molecular weight excluding hydrogens is 294 g/mol. The van der Waals surface area contributed by atoms with Gasteiger partial charge in [-0.25, -0.2) is 0 Å². The van der Waals surface area contributed by atoms with Crippen molar-refractivity contribution in [3.05, 3.63) is 28.2 Å². The summed E-state index contributed by atoms with van der Waals surface area (Å²) >= 11 is 3.50. The molecule has 100 valence electrons. The lowest BCUT2D eigenvalue weighted by Crippen LogP contribution is -2.19. The van der Waals surface area contributed by atoms with Gasteiger partial charge in [-0.15, -0.1) is 0 Å². The van der Waals surface area contributed by atoms with E-state index in [4.69, 9.17) is 9.47 Å². The number of hydrogen-bond donors (Lipinski definition) is 1. The van der Waals surface area contributed by atoms with Crippen LogP contribution in [0.2, 0.25) is 0 Å². The number of nitrogens with one attached hydrogen (secondary N) is 1. The standard InChI is InChI=1S/C14H20BrNO2/c1-10(17-2)9-18-14-6-3-12(15)7-11(14)8-16-13-4-5-13/h3,6-7,10,13,16H,4-5,8-9H2,1-2H3. The summed E-state index contributed by atoms with van der Waals surface area (Å²) in [5, 5.41) is 3.51. The molecular formula is C14H20BrNO2. The van der Waals surface area contributed by atoms with Crippen molar-refractivity contribution in [2.45, 2.75) is 38.5 Å². The number of halogens is 1. The Morgan fingerprint density at radius 2 is 2.22 bits per heavy atom. The lowest BCUT2D eigenvalue weighted by atomic mass is 10.2. The average molecular weight is 314 g/mol. The van der Waals surface area contributed by atoms with Gasteiger partial charge in [-0.2, -0.15) is 0 Å². The molecule has 18 heavy (non-hydrogen) atoms. The van der Waals surface area contributed by atoms with Crippen LogP contribution in [0.4, 0.5) is 0 Å². The molecule has 0 spiro atoms. The zero-order valence-corrected chi connectivity index (χ0v) is 12.5. The van der Waals surface area contributed by atoms with Crippen LogP contribution >= 0.6 is 15.9 Å². The van der Waals surface area contributed by atoms with Crippen LogP contribution in [0, 0.1) is 0 Å². The van der Waals surface area contributed by atoms with E-state index in [0.29, 0.717) is 12.6 Å². The fraction of sp³-hybridized carbons (Fsp3) is 0.571. The highest BCUT2D eigenvalue weighted by Crippen LogP contribution is 2.25. The summed E-state index contributed by atoms with van der Waals surface area (Å²) < 4.78 is 12.1. The van der Waals surface area contributed by atoms with Gasteiger partial charge in [0.05, 0.1) is 6.10 Å². The molecule has 1 aliphatic rings. The van der Waals surface area contributed by atoms with Crippen LogP contribution < -0.4 is 10.1 Å². The van der Waals surface area contributed by atoms with Gasteiger partial charge in [0.1, 0.15) is 12.4 Å². The van der Waals surface area contributed by atoms with Crippen LogP contribution in [0.3, 0.4) is 0 Å². The molecule has 1 aromatic carbocycles. The van der Waals surface area contributed by atoms with Gasteiger partial charge in [0.2, 0.25) is 0 Å². The number of ether oxygens (including phenoxy) is 2. The smallest absolute Gasteiger partial charge is 0.124 e. The molecule has 1 N–H and O–H groups in total. The Hall–Kier alpha value is -0.580. The predicted octanol–water partition coefficient (Wildman–Crippen LogP) is 3.11. The first kappa shape index (κ1) is 13.8. The monoisotopic (exact) mass is 313 g/mol. The van der Waals surface area contributed by atoms with Crippen molar-refractivity contribution in [2.24, 2.45) is 0 Å². The first-order valence-electron chi connectivity index (χ1n) is 6.36. The molecule has 1 aliphatic carbocycles. The second kappa shape index (κ2) is 6.55. The first-order chi connectivity index (χ1) is 8.69. The summed E-state index contributed by atoms with van der Waals surface area (Å²) in [6.07, 6.45) is 2.70. The van der Waals surface area contributed by atoms with Crippen LogP contribution in [-0.2, 0) is 11.3 Å². The largest absolute Gasteiger partial charge is 0.491 e. The minimum atomic E-state index is 0.109. The van der Waals surface area contributed by atoms with E-state index < -0.39 is 0 Å². The van der Waals surface area contributed by atoms with Gasteiger partial charge in [-0.3, -0.25) is 0 Å². The van der Waals surface area contributed by atoms with E-state index in [0.717, 1.165) is 16.8 Å². The van der Waals surface area contributed by atoms with Crippen LogP contribution in [0.25, 0.3) is 0 Å². The molecule has 0 bridgehead atoms. The van der Waals surface area contributed by atoms with Crippen LogP contribution in [0.1, 0.15) is 25.3 Å². The Labute approximate surface area is 117 Å². The maximum absolute atomic E-state index is 5.81. The second-order valence-electron chi connectivity index (χ2n) is 4.76. The van der Waals surface area contributed by atoms with Crippen molar-refractivity contribution in [2.75, 3.05) is 13.7 Å². The zero-order chi connectivity index (χ0) is 13.0. The van der Waals surface area contributed by atoms with Gasteiger partial charge in [0.15, 0.2) is 0 Å². The molecule has 1 unspecified atom stereocenters.